The summed E-state index contributed by atoms with van der Waals surface area (Å²) in [6, 6.07) is 10.7. The molecule has 1 aromatic carbocycles. The van der Waals surface area contributed by atoms with E-state index in [0.717, 1.165) is 47.1 Å². The zero-order valence-electron chi connectivity index (χ0n) is 16.3. The smallest absolute Gasteiger partial charge is 0.132 e. The molecule has 0 fully saturated rings. The van der Waals surface area contributed by atoms with Crippen LogP contribution in [0.15, 0.2) is 59.7 Å². The van der Waals surface area contributed by atoms with Crippen LogP contribution in [0, 0.1) is 5.82 Å². The molecule has 2 aromatic heterocycles. The third kappa shape index (κ3) is 3.55. The lowest BCUT2D eigenvalue weighted by Crippen LogP contribution is -2.21. The topological polar surface area (TPSA) is 64.2 Å². The Balaban J connectivity index is 1.53. The second-order valence-electron chi connectivity index (χ2n) is 7.65. The predicted octanol–water partition coefficient (Wildman–Crippen LogP) is 5.20. The van der Waals surface area contributed by atoms with Crippen LogP contribution in [0.2, 0.25) is 5.02 Å². The van der Waals surface area contributed by atoms with Gasteiger partial charge in [0.1, 0.15) is 5.82 Å². The molecule has 1 unspecified atom stereocenters. The van der Waals surface area contributed by atoms with Crippen LogP contribution in [-0.2, 0) is 0 Å². The van der Waals surface area contributed by atoms with Gasteiger partial charge in [0.25, 0.3) is 0 Å². The lowest BCUT2D eigenvalue weighted by atomic mass is 9.92. The van der Waals surface area contributed by atoms with Crippen LogP contribution in [-0.4, -0.2) is 28.3 Å². The van der Waals surface area contributed by atoms with Gasteiger partial charge in [-0.2, -0.15) is 0 Å². The fraction of sp³-hybridized carbons (Fsp3) is 0.208. The van der Waals surface area contributed by atoms with Crippen LogP contribution >= 0.6 is 11.6 Å². The number of hydrogen-bond acceptors (Lipinski definition) is 4. The highest BCUT2D eigenvalue weighted by Crippen LogP contribution is 2.30. The van der Waals surface area contributed by atoms with Crippen molar-refractivity contribution in [3.05, 3.63) is 82.4 Å². The molecule has 0 radical (unpaired) electrons. The number of hydrogen-bond donors (Lipinski definition) is 1. The molecular weight excluding hydrogens is 399 g/mol. The molecule has 30 heavy (non-hydrogen) atoms. The van der Waals surface area contributed by atoms with Crippen molar-refractivity contribution in [1.82, 2.24) is 9.97 Å². The second-order valence-corrected chi connectivity index (χ2v) is 8.09. The molecule has 2 N–H and O–H groups in total. The molecule has 1 aliphatic carbocycles. The standard InChI is InChI=1S/C24H20ClFN4/c25-16-3-6-20(26)19(12-16)24-18(9-10-28-24)21-7-8-22-23(30-21)11-15(13-29-22)14-1-4-17(27)5-2-14/h1,3,6-9,11-13,17H,2,4-5,10,27H2. The van der Waals surface area contributed by atoms with E-state index in [0.29, 0.717) is 22.8 Å². The van der Waals surface area contributed by atoms with E-state index >= 15 is 0 Å². The molecule has 0 bridgehead atoms. The van der Waals surface area contributed by atoms with Gasteiger partial charge in [-0.05, 0) is 66.8 Å². The fourth-order valence-corrected chi connectivity index (χ4v) is 4.17. The molecule has 150 valence electrons. The van der Waals surface area contributed by atoms with Crippen molar-refractivity contribution in [1.29, 1.82) is 0 Å². The second kappa shape index (κ2) is 7.74. The number of halogens is 2. The van der Waals surface area contributed by atoms with Crippen LogP contribution in [0.25, 0.3) is 22.2 Å². The summed E-state index contributed by atoms with van der Waals surface area (Å²) in [6.45, 7) is 0.488. The monoisotopic (exact) mass is 418 g/mol. The van der Waals surface area contributed by atoms with Gasteiger partial charge in [-0.25, -0.2) is 9.37 Å². The number of rotatable bonds is 3. The van der Waals surface area contributed by atoms with Gasteiger partial charge in [-0.3, -0.25) is 9.98 Å². The van der Waals surface area contributed by atoms with E-state index < -0.39 is 0 Å². The van der Waals surface area contributed by atoms with Crippen molar-refractivity contribution < 1.29 is 4.39 Å². The Bertz CT molecular complexity index is 1250. The third-order valence-electron chi connectivity index (χ3n) is 5.62. The predicted molar refractivity (Wildman–Crippen MR) is 120 cm³/mol. The van der Waals surface area contributed by atoms with E-state index in [2.05, 4.69) is 22.1 Å². The lowest BCUT2D eigenvalue weighted by molar-refractivity contribution is 0.614. The number of benzene rings is 1. The molecular formula is C24H20ClFN4. The van der Waals surface area contributed by atoms with Crippen molar-refractivity contribution in [2.45, 2.75) is 25.3 Å². The van der Waals surface area contributed by atoms with Gasteiger partial charge in [-0.15, -0.1) is 0 Å². The van der Waals surface area contributed by atoms with Crippen molar-refractivity contribution in [2.75, 3.05) is 6.54 Å². The Labute approximate surface area is 179 Å². The lowest BCUT2D eigenvalue weighted by Gasteiger charge is -2.18. The molecule has 0 amide bonds. The van der Waals surface area contributed by atoms with E-state index in [1.807, 2.05) is 24.4 Å². The van der Waals surface area contributed by atoms with E-state index in [1.165, 1.54) is 17.7 Å². The van der Waals surface area contributed by atoms with Crippen LogP contribution in [0.1, 0.15) is 36.1 Å². The van der Waals surface area contributed by atoms with E-state index in [-0.39, 0.29) is 11.9 Å². The Morgan fingerprint density at radius 3 is 2.80 bits per heavy atom. The zero-order chi connectivity index (χ0) is 20.7. The van der Waals surface area contributed by atoms with Gasteiger partial charge >= 0.3 is 0 Å². The summed E-state index contributed by atoms with van der Waals surface area (Å²) >= 11 is 6.09. The molecule has 3 heterocycles. The summed E-state index contributed by atoms with van der Waals surface area (Å²) in [5.41, 5.74) is 12.5. The highest BCUT2D eigenvalue weighted by atomic mass is 35.5. The minimum absolute atomic E-state index is 0.241. The maximum Gasteiger partial charge on any atom is 0.132 e. The maximum absolute atomic E-state index is 14.4. The molecule has 0 saturated heterocycles. The maximum atomic E-state index is 14.4. The highest BCUT2D eigenvalue weighted by molar-refractivity contribution is 6.35. The minimum atomic E-state index is -0.349. The molecule has 1 aliphatic heterocycles. The summed E-state index contributed by atoms with van der Waals surface area (Å²) < 4.78 is 14.4. The van der Waals surface area contributed by atoms with Crippen molar-refractivity contribution in [3.63, 3.8) is 0 Å². The van der Waals surface area contributed by atoms with Gasteiger partial charge in [-0.1, -0.05) is 23.8 Å². The molecule has 4 nitrogen and oxygen atoms in total. The third-order valence-corrected chi connectivity index (χ3v) is 5.85. The molecule has 3 aromatic rings. The average Bonchev–Trinajstić information content (AvgIpc) is 3.25. The fourth-order valence-electron chi connectivity index (χ4n) is 3.99. The molecule has 0 spiro atoms. The van der Waals surface area contributed by atoms with Gasteiger partial charge in [0.05, 0.1) is 29.0 Å². The number of nitrogens with two attached hydrogens (primary N) is 1. The average molecular weight is 419 g/mol. The minimum Gasteiger partial charge on any atom is -0.327 e. The summed E-state index contributed by atoms with van der Waals surface area (Å²) in [5.74, 6) is -0.349. The van der Waals surface area contributed by atoms with Crippen LogP contribution in [0.4, 0.5) is 4.39 Å². The molecule has 0 saturated carbocycles. The SMILES string of the molecule is NC1CC=C(c2cnc3ccc(C4=CCN=C4c4cc(Cl)ccc4F)nc3c2)CC1. The quantitative estimate of drug-likeness (QED) is 0.635. The van der Waals surface area contributed by atoms with E-state index in [4.69, 9.17) is 22.3 Å². The Kier molecular flexibility index (Phi) is 4.93. The Morgan fingerprint density at radius 2 is 1.97 bits per heavy atom. The van der Waals surface area contributed by atoms with Crippen molar-refractivity contribution in [2.24, 2.45) is 10.7 Å². The first kappa shape index (κ1) is 19.1. The first-order valence-electron chi connectivity index (χ1n) is 10.0. The number of aliphatic imine (C=N–C) groups is 1. The zero-order valence-corrected chi connectivity index (χ0v) is 17.0. The summed E-state index contributed by atoms with van der Waals surface area (Å²) in [7, 11) is 0. The number of allylic oxidation sites excluding steroid dienone is 2. The number of fused-ring (bicyclic) bond motifs is 1. The summed E-state index contributed by atoms with van der Waals surface area (Å²) in [6.07, 6.45) is 8.88. The Hall–Kier alpha value is -2.89. The summed E-state index contributed by atoms with van der Waals surface area (Å²) in [5, 5.41) is 0.473. The largest absolute Gasteiger partial charge is 0.327 e. The van der Waals surface area contributed by atoms with Gasteiger partial charge in [0.15, 0.2) is 0 Å². The number of nitrogens with zero attached hydrogens (tertiary/aromatic N) is 3. The first-order chi connectivity index (χ1) is 14.6. The van der Waals surface area contributed by atoms with Crippen molar-refractivity contribution >= 4 is 39.5 Å². The first-order valence-corrected chi connectivity index (χ1v) is 10.4. The summed E-state index contributed by atoms with van der Waals surface area (Å²) in [4.78, 5) is 13.9. The van der Waals surface area contributed by atoms with Crippen LogP contribution in [0.5, 0.6) is 0 Å². The van der Waals surface area contributed by atoms with Gasteiger partial charge < -0.3 is 5.73 Å². The van der Waals surface area contributed by atoms with Gasteiger partial charge in [0.2, 0.25) is 0 Å². The molecule has 1 atom stereocenters. The number of aromatic nitrogens is 2. The van der Waals surface area contributed by atoms with E-state index in [1.54, 1.807) is 6.07 Å². The molecule has 2 aliphatic rings. The Morgan fingerprint density at radius 1 is 1.07 bits per heavy atom. The van der Waals surface area contributed by atoms with E-state index in [9.17, 15) is 4.39 Å². The van der Waals surface area contributed by atoms with Crippen molar-refractivity contribution in [3.8, 4) is 0 Å². The molecule has 6 heteroatoms. The van der Waals surface area contributed by atoms with Crippen LogP contribution in [0.3, 0.4) is 0 Å². The van der Waals surface area contributed by atoms with Gasteiger partial charge in [0, 0.05) is 28.4 Å². The highest BCUT2D eigenvalue weighted by Gasteiger charge is 2.21. The van der Waals surface area contributed by atoms with Crippen LogP contribution < -0.4 is 5.73 Å². The molecule has 5 rings (SSSR count). The normalized spacial score (nSPS) is 18.9. The number of pyridine rings is 2.